The second-order valence-corrected chi connectivity index (χ2v) is 7.66. The van der Waals surface area contributed by atoms with Gasteiger partial charge in [-0.2, -0.15) is 27.6 Å². The van der Waals surface area contributed by atoms with Crippen LogP contribution in [-0.2, 0) is 4.79 Å². The molecule has 0 aromatic carbocycles. The summed E-state index contributed by atoms with van der Waals surface area (Å²) in [6.07, 6.45) is -4.40. The first-order chi connectivity index (χ1) is 15.9. The number of amides is 2. The van der Waals surface area contributed by atoms with Crippen molar-refractivity contribution in [3.8, 4) is 5.88 Å². The average Bonchev–Trinajstić information content (AvgIpc) is 3.09. The van der Waals surface area contributed by atoms with Crippen LogP contribution in [0.5, 0.6) is 5.88 Å². The smallest absolute Gasteiger partial charge is 0.422 e. The number of aryl methyl sites for hydroxylation is 1. The molecule has 2 heterocycles. The second-order valence-electron chi connectivity index (χ2n) is 6.50. The first-order valence-electron chi connectivity index (χ1n) is 9.39. The number of carbonyl (C=O) groups excluding carboxylic acids is 2. The molecule has 0 aliphatic heterocycles. The third kappa shape index (κ3) is 6.74. The Morgan fingerprint density at radius 2 is 2.12 bits per heavy atom. The number of nitrogens with one attached hydrogen (secondary N) is 1. The molecular formula is C18H19ClF4N6O4S. The quantitative estimate of drug-likeness (QED) is 0.169. The maximum Gasteiger partial charge on any atom is 0.422 e. The normalized spacial score (nSPS) is 11.9. The van der Waals surface area contributed by atoms with Crippen LogP contribution in [0.4, 0.5) is 28.4 Å². The number of pyridine rings is 1. The van der Waals surface area contributed by atoms with Crippen molar-refractivity contribution in [1.82, 2.24) is 14.3 Å². The lowest BCUT2D eigenvalue weighted by molar-refractivity contribution is -0.154. The molecule has 0 aliphatic carbocycles. The van der Waals surface area contributed by atoms with E-state index in [1.807, 2.05) is 0 Å². The van der Waals surface area contributed by atoms with Gasteiger partial charge in [-0.3, -0.25) is 14.5 Å². The molecule has 0 atom stereocenters. The topological polar surface area (TPSA) is 120 Å². The number of hydrogen-bond acceptors (Lipinski definition) is 9. The average molecular weight is 527 g/mol. The van der Waals surface area contributed by atoms with Crippen molar-refractivity contribution in [2.24, 2.45) is 5.10 Å². The molecule has 34 heavy (non-hydrogen) atoms. The summed E-state index contributed by atoms with van der Waals surface area (Å²) in [7, 11) is 1.17. The van der Waals surface area contributed by atoms with Gasteiger partial charge in [0.2, 0.25) is 12.3 Å². The van der Waals surface area contributed by atoms with E-state index in [4.69, 9.17) is 11.6 Å². The Morgan fingerprint density at radius 1 is 1.44 bits per heavy atom. The van der Waals surface area contributed by atoms with Gasteiger partial charge in [0, 0.05) is 13.6 Å². The molecule has 0 bridgehead atoms. The fraction of sp³-hybridized carbons (Fsp3) is 0.389. The van der Waals surface area contributed by atoms with Crippen LogP contribution in [0.15, 0.2) is 11.2 Å². The summed E-state index contributed by atoms with van der Waals surface area (Å²) >= 11 is 6.82. The number of hydrazone groups is 1. The monoisotopic (exact) mass is 526 g/mol. The highest BCUT2D eigenvalue weighted by Gasteiger charge is 2.31. The van der Waals surface area contributed by atoms with Gasteiger partial charge in [0.25, 0.3) is 5.91 Å². The zero-order valence-electron chi connectivity index (χ0n) is 18.0. The molecule has 0 saturated heterocycles. The summed E-state index contributed by atoms with van der Waals surface area (Å²) < 4.78 is 61.7. The van der Waals surface area contributed by atoms with Crippen molar-refractivity contribution >= 4 is 52.1 Å². The number of aromatic nitrogens is 2. The number of amidine groups is 1. The minimum Gasteiger partial charge on any atom is -0.467 e. The van der Waals surface area contributed by atoms with Crippen molar-refractivity contribution in [3.63, 3.8) is 0 Å². The molecule has 2 aromatic rings. The van der Waals surface area contributed by atoms with E-state index in [9.17, 15) is 32.3 Å². The van der Waals surface area contributed by atoms with Crippen molar-refractivity contribution in [1.29, 1.82) is 0 Å². The van der Waals surface area contributed by atoms with E-state index in [1.54, 1.807) is 13.8 Å². The van der Waals surface area contributed by atoms with E-state index in [0.717, 1.165) is 21.4 Å². The third-order valence-electron chi connectivity index (χ3n) is 4.07. The summed E-state index contributed by atoms with van der Waals surface area (Å²) in [5.41, 5.74) is -0.235. The molecule has 0 aliphatic rings. The van der Waals surface area contributed by atoms with E-state index in [2.05, 4.69) is 24.5 Å². The number of rotatable bonds is 9. The zero-order chi connectivity index (χ0) is 25.6. The lowest BCUT2D eigenvalue weighted by Crippen LogP contribution is -2.34. The number of nitrogens with zero attached hydrogens (tertiary/aromatic N) is 5. The summed E-state index contributed by atoms with van der Waals surface area (Å²) in [6.45, 7) is 0.779. The Labute approximate surface area is 199 Å². The van der Waals surface area contributed by atoms with Gasteiger partial charge in [0.15, 0.2) is 24.1 Å². The molecule has 0 saturated carbocycles. The van der Waals surface area contributed by atoms with E-state index < -0.39 is 48.4 Å². The number of anilines is 2. The van der Waals surface area contributed by atoms with Crippen molar-refractivity contribution < 1.29 is 37.0 Å². The number of alkyl halides is 3. The second kappa shape index (κ2) is 11.4. The number of aliphatic hydroxyl groups is 1. The Balaban J connectivity index is 2.49. The lowest BCUT2D eigenvalue weighted by atomic mass is 10.2. The van der Waals surface area contributed by atoms with Gasteiger partial charge in [0.1, 0.15) is 17.2 Å². The molecule has 16 heteroatoms. The highest BCUT2D eigenvalue weighted by Crippen LogP contribution is 2.32. The molecule has 0 unspecified atom stereocenters. The number of ether oxygens (including phenoxy) is 1. The van der Waals surface area contributed by atoms with E-state index in [0.29, 0.717) is 18.2 Å². The van der Waals surface area contributed by atoms with Gasteiger partial charge in [-0.15, -0.1) is 0 Å². The maximum absolute atomic E-state index is 14.8. The fourth-order valence-corrected chi connectivity index (χ4v) is 3.37. The standard InChI is InChI=1S/C18H19ClF4N6O4S/c1-4-29(8-31)12(6-30)26-28(3)14-11(20)5-10(16(24-14)33-7-18(21,22)23)15(32)25-17-13(19)9(2)27-34-17/h5,8,30H,4,6-7H2,1-3H3,(H,25,32)/b26-12-. The molecular weight excluding hydrogens is 508 g/mol. The summed E-state index contributed by atoms with van der Waals surface area (Å²) in [4.78, 5) is 28.5. The number of halogens is 5. The van der Waals surface area contributed by atoms with Gasteiger partial charge in [-0.1, -0.05) is 11.6 Å². The zero-order valence-corrected chi connectivity index (χ0v) is 19.6. The van der Waals surface area contributed by atoms with Crippen LogP contribution in [-0.4, -0.2) is 70.5 Å². The molecule has 10 nitrogen and oxygen atoms in total. The summed E-state index contributed by atoms with van der Waals surface area (Å²) in [5.74, 6) is -3.84. The molecule has 2 aromatic heterocycles. The predicted molar refractivity (Wildman–Crippen MR) is 117 cm³/mol. The van der Waals surface area contributed by atoms with Gasteiger partial charge in [0.05, 0.1) is 10.7 Å². The Morgan fingerprint density at radius 3 is 2.62 bits per heavy atom. The molecule has 186 valence electrons. The summed E-state index contributed by atoms with van der Waals surface area (Å²) in [5, 5.41) is 16.6. The molecule has 2 N–H and O–H groups in total. The van der Waals surface area contributed by atoms with Crippen LogP contribution in [0, 0.1) is 12.7 Å². The molecule has 2 rings (SSSR count). The minimum atomic E-state index is -4.78. The van der Waals surface area contributed by atoms with Crippen LogP contribution in [0.3, 0.4) is 0 Å². The molecule has 2 amide bonds. The highest BCUT2D eigenvalue weighted by atomic mass is 35.5. The minimum absolute atomic E-state index is 0.0956. The third-order valence-corrected chi connectivity index (χ3v) is 5.50. The predicted octanol–water partition coefficient (Wildman–Crippen LogP) is 3.05. The molecule has 0 fully saturated rings. The highest BCUT2D eigenvalue weighted by molar-refractivity contribution is 7.11. The fourth-order valence-electron chi connectivity index (χ4n) is 2.44. The SMILES string of the molecule is CCN(C=O)/C(CO)=N\N(C)c1nc(OCC(F)(F)F)c(C(=O)Nc2snc(C)c2Cl)cc1F. The first-order valence-corrected chi connectivity index (χ1v) is 10.5. The first kappa shape index (κ1) is 27.2. The molecule has 0 spiro atoms. The van der Waals surface area contributed by atoms with Crippen LogP contribution < -0.4 is 15.1 Å². The Bertz CT molecular complexity index is 1080. The van der Waals surface area contributed by atoms with Crippen molar-refractivity contribution in [2.75, 3.05) is 37.1 Å². The number of aliphatic hydroxyl groups excluding tert-OH is 1. The van der Waals surface area contributed by atoms with Gasteiger partial charge in [-0.05, 0) is 31.4 Å². The van der Waals surface area contributed by atoms with Crippen LogP contribution in [0.1, 0.15) is 23.0 Å². The van der Waals surface area contributed by atoms with Crippen molar-refractivity contribution in [3.05, 3.63) is 28.2 Å². The largest absolute Gasteiger partial charge is 0.467 e. The number of carbonyl (C=O) groups is 2. The van der Waals surface area contributed by atoms with Crippen molar-refractivity contribution in [2.45, 2.75) is 20.0 Å². The van der Waals surface area contributed by atoms with Crippen LogP contribution in [0.2, 0.25) is 5.02 Å². The van der Waals surface area contributed by atoms with Crippen LogP contribution in [0.25, 0.3) is 0 Å². The number of likely N-dealkylation sites (N-methyl/N-ethyl adjacent to an activating group) is 1. The van der Waals surface area contributed by atoms with Gasteiger partial charge >= 0.3 is 6.18 Å². The molecule has 0 radical (unpaired) electrons. The van der Waals surface area contributed by atoms with E-state index >= 15 is 0 Å². The maximum atomic E-state index is 14.8. The lowest BCUT2D eigenvalue weighted by Gasteiger charge is -2.21. The van der Waals surface area contributed by atoms with E-state index in [1.165, 1.54) is 7.05 Å². The summed E-state index contributed by atoms with van der Waals surface area (Å²) in [6, 6.07) is 0.618. The van der Waals surface area contributed by atoms with E-state index in [-0.39, 0.29) is 22.4 Å². The Hall–Kier alpha value is -3.04. The van der Waals surface area contributed by atoms with Gasteiger partial charge < -0.3 is 15.2 Å². The van der Waals surface area contributed by atoms with Crippen LogP contribution >= 0.6 is 23.1 Å². The number of hydrogen-bond donors (Lipinski definition) is 2. The Kier molecular flexibility index (Phi) is 9.12. The van der Waals surface area contributed by atoms with Gasteiger partial charge in [-0.25, -0.2) is 9.40 Å².